The zero-order valence-corrected chi connectivity index (χ0v) is 9.83. The van der Waals surface area contributed by atoms with Gasteiger partial charge in [-0.15, -0.1) is 0 Å². The second kappa shape index (κ2) is 3.62. The Morgan fingerprint density at radius 2 is 1.79 bits per heavy atom. The smallest absolute Gasteiger partial charge is 0.277 e. The molecule has 4 nitrogen and oxygen atoms in total. The minimum absolute atomic E-state index is 0.222. The van der Waals surface area contributed by atoms with Crippen LogP contribution in [0, 0.1) is 0 Å². The number of aromatic nitrogens is 2. The van der Waals surface area contributed by atoms with E-state index in [9.17, 15) is 4.79 Å². The summed E-state index contributed by atoms with van der Waals surface area (Å²) < 4.78 is 5.53. The van der Waals surface area contributed by atoms with Gasteiger partial charge < -0.3 is 4.42 Å². The third-order valence-corrected chi connectivity index (χ3v) is 3.26. The Morgan fingerprint density at radius 1 is 0.895 bits per heavy atom. The highest BCUT2D eigenvalue weighted by atomic mass is 16.3. The lowest BCUT2D eigenvalue weighted by atomic mass is 10.0. The molecule has 4 aromatic rings. The summed E-state index contributed by atoms with van der Waals surface area (Å²) in [5.41, 5.74) is 1.23. The van der Waals surface area contributed by atoms with E-state index in [1.165, 1.54) is 12.5 Å². The Kier molecular flexibility index (Phi) is 1.94. The molecule has 0 bridgehead atoms. The molecule has 0 unspecified atom stereocenters. The molecule has 0 fully saturated rings. The van der Waals surface area contributed by atoms with Crippen LogP contribution in [0.1, 0.15) is 0 Å². The average Bonchev–Trinajstić information content (AvgIpc) is 2.46. The lowest BCUT2D eigenvalue weighted by Gasteiger charge is -2.03. The molecule has 0 saturated heterocycles. The second-order valence-corrected chi connectivity index (χ2v) is 4.36. The normalized spacial score (nSPS) is 11.4. The van der Waals surface area contributed by atoms with Gasteiger partial charge in [-0.3, -0.25) is 4.79 Å². The lowest BCUT2D eigenvalue weighted by Crippen LogP contribution is -2.04. The van der Waals surface area contributed by atoms with Crippen molar-refractivity contribution in [1.82, 2.24) is 9.97 Å². The molecule has 0 aliphatic rings. The summed E-state index contributed by atoms with van der Waals surface area (Å²) in [7, 11) is 0. The predicted octanol–water partition coefficient (Wildman–Crippen LogP) is 2.89. The van der Waals surface area contributed by atoms with Crippen molar-refractivity contribution < 1.29 is 4.42 Å². The van der Waals surface area contributed by atoms with E-state index in [1.807, 2.05) is 30.3 Å². The molecule has 2 heterocycles. The van der Waals surface area contributed by atoms with Crippen molar-refractivity contribution in [2.24, 2.45) is 0 Å². The Labute approximate surface area is 107 Å². The third kappa shape index (κ3) is 1.43. The minimum Gasteiger partial charge on any atom is -0.460 e. The predicted molar refractivity (Wildman–Crippen MR) is 73.1 cm³/mol. The van der Waals surface area contributed by atoms with Crippen LogP contribution in [0.2, 0.25) is 0 Å². The zero-order valence-electron chi connectivity index (χ0n) is 9.83. The summed E-state index contributed by atoms with van der Waals surface area (Å²) in [6.07, 6.45) is 4.67. The van der Waals surface area contributed by atoms with Crippen LogP contribution in [0.3, 0.4) is 0 Å². The number of hydrogen-bond acceptors (Lipinski definition) is 4. The number of benzene rings is 2. The summed E-state index contributed by atoms with van der Waals surface area (Å²) in [6, 6.07) is 9.51. The minimum atomic E-state index is -0.222. The molecule has 4 rings (SSSR count). The van der Waals surface area contributed by atoms with E-state index in [1.54, 1.807) is 6.20 Å². The van der Waals surface area contributed by atoms with Crippen LogP contribution in [0.4, 0.5) is 0 Å². The Hall–Kier alpha value is -2.75. The Balaban J connectivity index is 2.31. The van der Waals surface area contributed by atoms with Gasteiger partial charge >= 0.3 is 0 Å². The fourth-order valence-electron chi connectivity index (χ4n) is 2.36. The van der Waals surface area contributed by atoms with E-state index in [-0.39, 0.29) is 5.56 Å². The van der Waals surface area contributed by atoms with Gasteiger partial charge in [-0.05, 0) is 35.0 Å². The number of hydrogen-bond donors (Lipinski definition) is 0. The van der Waals surface area contributed by atoms with Gasteiger partial charge in [-0.1, -0.05) is 6.07 Å². The largest absolute Gasteiger partial charge is 0.460 e. The first-order chi connectivity index (χ1) is 9.33. The molecule has 2 aromatic carbocycles. The SMILES string of the molecule is O=c1nccc2cc3ccc4nccoc4c3cc12. The molecule has 0 spiro atoms. The first kappa shape index (κ1) is 10.2. The molecule has 0 atom stereocenters. The maximum absolute atomic E-state index is 11.8. The van der Waals surface area contributed by atoms with Gasteiger partial charge in [0.15, 0.2) is 5.58 Å². The van der Waals surface area contributed by atoms with E-state index < -0.39 is 0 Å². The molecule has 19 heavy (non-hydrogen) atoms. The van der Waals surface area contributed by atoms with Crippen molar-refractivity contribution in [2.45, 2.75) is 0 Å². The molecular formula is C15H8N2O2. The van der Waals surface area contributed by atoms with E-state index in [0.29, 0.717) is 11.0 Å². The molecule has 90 valence electrons. The highest BCUT2D eigenvalue weighted by Crippen LogP contribution is 2.27. The number of fused-ring (bicyclic) bond motifs is 4. The Morgan fingerprint density at radius 3 is 2.74 bits per heavy atom. The van der Waals surface area contributed by atoms with Gasteiger partial charge in [0.05, 0.1) is 6.20 Å². The van der Waals surface area contributed by atoms with Crippen molar-refractivity contribution in [2.75, 3.05) is 0 Å². The monoisotopic (exact) mass is 248 g/mol. The van der Waals surface area contributed by atoms with Crippen molar-refractivity contribution in [3.8, 4) is 0 Å². The molecule has 0 saturated carbocycles. The molecular weight excluding hydrogens is 240 g/mol. The molecule has 0 N–H and O–H groups in total. The molecule has 2 aromatic heterocycles. The standard InChI is InChI=1S/C15H8N2O2/c18-15-12-8-11-9(7-10(12)3-4-17-15)1-2-13-14(11)19-6-5-16-13/h1-8H. The van der Waals surface area contributed by atoms with Gasteiger partial charge in [0.1, 0.15) is 11.8 Å². The number of nitrogens with zero attached hydrogens (tertiary/aromatic N) is 2. The van der Waals surface area contributed by atoms with Crippen LogP contribution in [0.15, 0.2) is 58.2 Å². The van der Waals surface area contributed by atoms with Gasteiger partial charge in [0.2, 0.25) is 0 Å². The Bertz CT molecular complexity index is 989. The van der Waals surface area contributed by atoms with Gasteiger partial charge in [0, 0.05) is 17.0 Å². The van der Waals surface area contributed by atoms with Gasteiger partial charge in [0.25, 0.3) is 5.56 Å². The van der Waals surface area contributed by atoms with Gasteiger partial charge in [-0.2, -0.15) is 0 Å². The van der Waals surface area contributed by atoms with E-state index in [4.69, 9.17) is 4.42 Å². The summed E-state index contributed by atoms with van der Waals surface area (Å²) in [5.74, 6) is 0. The van der Waals surface area contributed by atoms with Crippen LogP contribution < -0.4 is 5.56 Å². The van der Waals surface area contributed by atoms with Crippen molar-refractivity contribution in [1.29, 1.82) is 0 Å². The average molecular weight is 248 g/mol. The number of pyridine rings is 1. The quantitative estimate of drug-likeness (QED) is 0.354. The maximum atomic E-state index is 11.8. The van der Waals surface area contributed by atoms with Crippen LogP contribution in [0.5, 0.6) is 0 Å². The highest BCUT2D eigenvalue weighted by Gasteiger charge is 2.06. The summed E-state index contributed by atoms with van der Waals surface area (Å²) >= 11 is 0. The van der Waals surface area contributed by atoms with E-state index in [0.717, 1.165) is 21.7 Å². The first-order valence-electron chi connectivity index (χ1n) is 5.88. The van der Waals surface area contributed by atoms with E-state index >= 15 is 0 Å². The highest BCUT2D eigenvalue weighted by molar-refractivity contribution is 6.08. The number of rotatable bonds is 0. The van der Waals surface area contributed by atoms with Crippen LogP contribution >= 0.6 is 0 Å². The van der Waals surface area contributed by atoms with Crippen LogP contribution in [0.25, 0.3) is 32.6 Å². The molecule has 0 aliphatic heterocycles. The fraction of sp³-hybridized carbons (Fsp3) is 0. The molecule has 0 radical (unpaired) electrons. The second-order valence-electron chi connectivity index (χ2n) is 4.36. The topological polar surface area (TPSA) is 56.0 Å². The maximum Gasteiger partial charge on any atom is 0.277 e. The summed E-state index contributed by atoms with van der Waals surface area (Å²) in [6.45, 7) is 0. The summed E-state index contributed by atoms with van der Waals surface area (Å²) in [4.78, 5) is 19.8. The molecule has 0 aliphatic carbocycles. The van der Waals surface area contributed by atoms with Crippen LogP contribution in [-0.4, -0.2) is 9.97 Å². The van der Waals surface area contributed by atoms with Crippen molar-refractivity contribution >= 4 is 32.6 Å². The fourth-order valence-corrected chi connectivity index (χ4v) is 2.36. The lowest BCUT2D eigenvalue weighted by molar-refractivity contribution is 0.601. The van der Waals surface area contributed by atoms with Gasteiger partial charge in [-0.25, -0.2) is 9.97 Å². The van der Waals surface area contributed by atoms with Crippen molar-refractivity contribution in [3.63, 3.8) is 0 Å². The molecule has 4 heteroatoms. The van der Waals surface area contributed by atoms with E-state index in [2.05, 4.69) is 9.97 Å². The summed E-state index contributed by atoms with van der Waals surface area (Å²) in [5, 5.41) is 3.38. The molecule has 0 amide bonds. The first-order valence-corrected chi connectivity index (χ1v) is 5.88. The van der Waals surface area contributed by atoms with Crippen molar-refractivity contribution in [3.05, 3.63) is 59.3 Å². The zero-order chi connectivity index (χ0) is 12.8. The third-order valence-electron chi connectivity index (χ3n) is 3.26. The van der Waals surface area contributed by atoms with Crippen LogP contribution in [-0.2, 0) is 0 Å².